The van der Waals surface area contributed by atoms with E-state index < -0.39 is 23.4 Å². The van der Waals surface area contributed by atoms with Gasteiger partial charge in [-0.05, 0) is 31.4 Å². The topological polar surface area (TPSA) is 128 Å². The van der Waals surface area contributed by atoms with Gasteiger partial charge in [0.15, 0.2) is 6.61 Å². The molecule has 0 bridgehead atoms. The molecule has 0 aromatic heterocycles. The van der Waals surface area contributed by atoms with Crippen LogP contribution in [0.25, 0.3) is 0 Å². The fourth-order valence-electron chi connectivity index (χ4n) is 3.20. The summed E-state index contributed by atoms with van der Waals surface area (Å²) in [5.41, 5.74) is 0.346. The van der Waals surface area contributed by atoms with Crippen molar-refractivity contribution in [3.63, 3.8) is 0 Å². The summed E-state index contributed by atoms with van der Waals surface area (Å²) in [7, 11) is 1.28. The zero-order chi connectivity index (χ0) is 21.9. The largest absolute Gasteiger partial charge is 0.469 e. The van der Waals surface area contributed by atoms with Gasteiger partial charge < -0.3 is 19.7 Å². The smallest absolute Gasteiger partial charge is 0.338 e. The summed E-state index contributed by atoms with van der Waals surface area (Å²) in [6.45, 7) is 1.20. The van der Waals surface area contributed by atoms with E-state index in [1.54, 1.807) is 6.07 Å². The van der Waals surface area contributed by atoms with Gasteiger partial charge >= 0.3 is 11.9 Å². The van der Waals surface area contributed by atoms with Gasteiger partial charge in [0, 0.05) is 32.1 Å². The normalized spacial score (nSPS) is 13.8. The van der Waals surface area contributed by atoms with E-state index in [0.29, 0.717) is 12.1 Å². The number of nitrogens with one attached hydrogen (secondary N) is 1. The molecule has 0 atom stereocenters. The molecule has 0 aliphatic carbocycles. The molecule has 0 spiro atoms. The number of rotatable bonds is 9. The second-order valence-electron chi connectivity index (χ2n) is 6.97. The highest BCUT2D eigenvalue weighted by molar-refractivity contribution is 5.93. The Morgan fingerprint density at radius 3 is 2.50 bits per heavy atom. The molecule has 0 radical (unpaired) electrons. The molecule has 1 N–H and O–H groups in total. The first-order valence-electron chi connectivity index (χ1n) is 9.96. The molecule has 1 amide bonds. The quantitative estimate of drug-likeness (QED) is 0.278. The van der Waals surface area contributed by atoms with Crippen LogP contribution >= 0.6 is 0 Å². The highest BCUT2D eigenvalue weighted by atomic mass is 16.6. The Bertz CT molecular complexity index is 774. The number of ether oxygens (including phenoxy) is 2. The van der Waals surface area contributed by atoms with E-state index in [2.05, 4.69) is 10.1 Å². The van der Waals surface area contributed by atoms with Crippen molar-refractivity contribution in [1.29, 1.82) is 0 Å². The Hall–Kier alpha value is -3.17. The first-order chi connectivity index (χ1) is 14.4. The average molecular weight is 421 g/mol. The number of benzene rings is 1. The second-order valence-corrected chi connectivity index (χ2v) is 6.97. The van der Waals surface area contributed by atoms with E-state index in [-0.39, 0.29) is 30.2 Å². The minimum atomic E-state index is -0.815. The van der Waals surface area contributed by atoms with Crippen LogP contribution in [0.15, 0.2) is 18.2 Å². The first-order valence-corrected chi connectivity index (χ1v) is 9.96. The van der Waals surface area contributed by atoms with Crippen LogP contribution < -0.4 is 10.2 Å². The van der Waals surface area contributed by atoms with Gasteiger partial charge in [0.25, 0.3) is 11.6 Å². The van der Waals surface area contributed by atoms with E-state index in [0.717, 1.165) is 38.8 Å². The maximum absolute atomic E-state index is 12.2. The minimum Gasteiger partial charge on any atom is -0.469 e. The minimum absolute atomic E-state index is 0.0127. The van der Waals surface area contributed by atoms with Gasteiger partial charge in [-0.2, -0.15) is 0 Å². The van der Waals surface area contributed by atoms with Crippen molar-refractivity contribution in [2.75, 3.05) is 38.3 Å². The van der Waals surface area contributed by atoms with E-state index in [9.17, 15) is 24.5 Å². The number of amides is 1. The summed E-state index contributed by atoms with van der Waals surface area (Å²) in [5.74, 6) is -1.71. The van der Waals surface area contributed by atoms with Crippen LogP contribution in [0, 0.1) is 10.1 Å². The fraction of sp³-hybridized carbons (Fsp3) is 0.550. The molecule has 0 unspecified atom stereocenters. The number of nitro benzene ring substituents is 1. The molecule has 1 aromatic rings. The summed E-state index contributed by atoms with van der Waals surface area (Å²) in [6.07, 6.45) is 4.70. The molecular weight excluding hydrogens is 394 g/mol. The number of hydrogen-bond donors (Lipinski definition) is 1. The van der Waals surface area contributed by atoms with Crippen LogP contribution in [-0.2, 0) is 19.1 Å². The molecule has 1 fully saturated rings. The SMILES string of the molecule is COC(=O)CCCNC(=O)COC(=O)c1ccc(N2CCCCCC2)c([N+](=O)[O-])c1. The molecule has 10 heteroatoms. The van der Waals surface area contributed by atoms with Gasteiger partial charge in [-0.3, -0.25) is 19.7 Å². The van der Waals surface area contributed by atoms with Crippen molar-refractivity contribution in [3.05, 3.63) is 33.9 Å². The van der Waals surface area contributed by atoms with Crippen LogP contribution in [0.2, 0.25) is 0 Å². The predicted molar refractivity (Wildman–Crippen MR) is 108 cm³/mol. The predicted octanol–water partition coefficient (Wildman–Crippen LogP) is 2.20. The van der Waals surface area contributed by atoms with Crippen molar-refractivity contribution in [1.82, 2.24) is 5.32 Å². The van der Waals surface area contributed by atoms with E-state index in [1.165, 1.54) is 19.2 Å². The lowest BCUT2D eigenvalue weighted by atomic mass is 10.1. The lowest BCUT2D eigenvalue weighted by Crippen LogP contribution is -2.30. The van der Waals surface area contributed by atoms with Crippen molar-refractivity contribution in [2.24, 2.45) is 0 Å². The zero-order valence-electron chi connectivity index (χ0n) is 17.1. The third kappa shape index (κ3) is 7.02. The lowest BCUT2D eigenvalue weighted by Gasteiger charge is -2.22. The highest BCUT2D eigenvalue weighted by Crippen LogP contribution is 2.31. The molecule has 2 rings (SSSR count). The van der Waals surface area contributed by atoms with Gasteiger partial charge in [-0.1, -0.05) is 12.8 Å². The number of esters is 2. The number of anilines is 1. The summed E-state index contributed by atoms with van der Waals surface area (Å²) in [4.78, 5) is 48.0. The van der Waals surface area contributed by atoms with Gasteiger partial charge in [-0.15, -0.1) is 0 Å². The first kappa shape index (κ1) is 23.1. The maximum atomic E-state index is 12.2. The zero-order valence-corrected chi connectivity index (χ0v) is 17.1. The number of methoxy groups -OCH3 is 1. The van der Waals surface area contributed by atoms with Crippen LogP contribution in [0.5, 0.6) is 0 Å². The summed E-state index contributed by atoms with van der Waals surface area (Å²) < 4.78 is 9.44. The molecule has 164 valence electrons. The highest BCUT2D eigenvalue weighted by Gasteiger charge is 2.23. The molecule has 1 aliphatic rings. The maximum Gasteiger partial charge on any atom is 0.338 e. The Balaban J connectivity index is 1.92. The van der Waals surface area contributed by atoms with Gasteiger partial charge in [0.1, 0.15) is 5.69 Å². The molecule has 1 aromatic carbocycles. The third-order valence-corrected chi connectivity index (χ3v) is 4.80. The number of nitrogens with zero attached hydrogens (tertiary/aromatic N) is 2. The Morgan fingerprint density at radius 2 is 1.87 bits per heavy atom. The third-order valence-electron chi connectivity index (χ3n) is 4.80. The average Bonchev–Trinajstić information content (AvgIpc) is 3.03. The summed E-state index contributed by atoms with van der Waals surface area (Å²) in [6, 6.07) is 4.23. The second kappa shape index (κ2) is 11.7. The van der Waals surface area contributed by atoms with Crippen molar-refractivity contribution in [2.45, 2.75) is 38.5 Å². The number of hydrogen-bond acceptors (Lipinski definition) is 8. The van der Waals surface area contributed by atoms with E-state index >= 15 is 0 Å². The number of carbonyl (C=O) groups excluding carboxylic acids is 3. The van der Waals surface area contributed by atoms with Crippen LogP contribution in [0.3, 0.4) is 0 Å². The van der Waals surface area contributed by atoms with Crippen LogP contribution in [0.1, 0.15) is 48.9 Å². The standard InChI is InChI=1S/C20H27N3O7/c1-29-19(25)7-6-10-21-18(24)14-30-20(26)15-8-9-16(17(13-15)23(27)28)22-11-4-2-3-5-12-22/h8-9,13H,2-7,10-12,14H2,1H3,(H,21,24). The van der Waals surface area contributed by atoms with E-state index in [1.807, 2.05) is 4.90 Å². The van der Waals surface area contributed by atoms with Gasteiger partial charge in [0.05, 0.1) is 17.6 Å². The monoisotopic (exact) mass is 421 g/mol. The molecular formula is C20H27N3O7. The molecule has 10 nitrogen and oxygen atoms in total. The Morgan fingerprint density at radius 1 is 1.17 bits per heavy atom. The molecule has 0 saturated carbocycles. The summed E-state index contributed by atoms with van der Waals surface area (Å²) >= 11 is 0. The van der Waals surface area contributed by atoms with Crippen LogP contribution in [0.4, 0.5) is 11.4 Å². The lowest BCUT2D eigenvalue weighted by molar-refractivity contribution is -0.384. The molecule has 30 heavy (non-hydrogen) atoms. The number of nitro groups is 1. The Kier molecular flexibility index (Phi) is 9.04. The molecule has 1 heterocycles. The van der Waals surface area contributed by atoms with Crippen LogP contribution in [-0.4, -0.2) is 56.1 Å². The fourth-order valence-corrected chi connectivity index (χ4v) is 3.20. The summed E-state index contributed by atoms with van der Waals surface area (Å²) in [5, 5.41) is 14.1. The van der Waals surface area contributed by atoms with Gasteiger partial charge in [0.2, 0.25) is 0 Å². The van der Waals surface area contributed by atoms with Crippen molar-refractivity contribution < 1.29 is 28.8 Å². The van der Waals surface area contributed by atoms with Crippen molar-refractivity contribution in [3.8, 4) is 0 Å². The molecule has 1 aliphatic heterocycles. The van der Waals surface area contributed by atoms with Crippen molar-refractivity contribution >= 4 is 29.2 Å². The Labute approximate surface area is 174 Å². The number of carbonyl (C=O) groups is 3. The molecule has 1 saturated heterocycles. The van der Waals surface area contributed by atoms with Gasteiger partial charge in [-0.25, -0.2) is 4.79 Å². The van der Waals surface area contributed by atoms with E-state index in [4.69, 9.17) is 4.74 Å².